The maximum absolute atomic E-state index is 10.1. The molecule has 2 aromatic rings. The fourth-order valence-corrected chi connectivity index (χ4v) is 2.40. The summed E-state index contributed by atoms with van der Waals surface area (Å²) < 4.78 is 5.50. The zero-order chi connectivity index (χ0) is 16.5. The predicted octanol–water partition coefficient (Wildman–Crippen LogP) is 4.58. The lowest BCUT2D eigenvalue weighted by Crippen LogP contribution is -1.95. The van der Waals surface area contributed by atoms with Crippen LogP contribution in [-0.2, 0) is 6.42 Å². The van der Waals surface area contributed by atoms with Crippen molar-refractivity contribution in [1.29, 1.82) is 0 Å². The van der Waals surface area contributed by atoms with Gasteiger partial charge in [-0.1, -0.05) is 39.0 Å². The Morgan fingerprint density at radius 2 is 1.87 bits per heavy atom. The molecule has 0 saturated carbocycles. The van der Waals surface area contributed by atoms with Crippen molar-refractivity contribution in [2.24, 2.45) is 0 Å². The van der Waals surface area contributed by atoms with E-state index < -0.39 is 0 Å². The third kappa shape index (κ3) is 5.85. The van der Waals surface area contributed by atoms with Crippen molar-refractivity contribution in [3.63, 3.8) is 0 Å². The van der Waals surface area contributed by atoms with Gasteiger partial charge in [0.25, 0.3) is 5.88 Å². The van der Waals surface area contributed by atoms with Crippen molar-refractivity contribution in [2.75, 3.05) is 0 Å². The lowest BCUT2D eigenvalue weighted by Gasteiger charge is -2.08. The molecule has 0 aliphatic carbocycles. The average molecular weight is 315 g/mol. The van der Waals surface area contributed by atoms with E-state index in [9.17, 15) is 5.11 Å². The summed E-state index contributed by atoms with van der Waals surface area (Å²) in [7, 11) is 0. The van der Waals surface area contributed by atoms with Crippen molar-refractivity contribution in [3.8, 4) is 17.5 Å². The molecule has 0 saturated heterocycles. The molecule has 0 unspecified atom stereocenters. The number of aryl methyl sites for hydroxylation is 2. The second-order valence-electron chi connectivity index (χ2n) is 5.73. The van der Waals surface area contributed by atoms with E-state index in [0.29, 0.717) is 11.7 Å². The first-order chi connectivity index (χ1) is 11.2. The molecule has 0 bridgehead atoms. The molecule has 0 fully saturated rings. The van der Waals surface area contributed by atoms with E-state index in [2.05, 4.69) is 21.9 Å². The summed E-state index contributed by atoms with van der Waals surface area (Å²) in [5, 5.41) is 10.1. The van der Waals surface area contributed by atoms with Crippen molar-refractivity contribution in [2.45, 2.75) is 58.8 Å². The van der Waals surface area contributed by atoms with E-state index in [4.69, 9.17) is 4.74 Å². The highest BCUT2D eigenvalue weighted by Crippen LogP contribution is 2.28. The molecular formula is C18H25N3O2. The molecule has 0 aliphatic rings. The Balaban J connectivity index is 1.85. The average Bonchev–Trinajstić information content (AvgIpc) is 2.53. The minimum Gasteiger partial charge on any atom is -0.503 e. The van der Waals surface area contributed by atoms with Crippen LogP contribution in [-0.4, -0.2) is 20.1 Å². The van der Waals surface area contributed by atoms with Crippen LogP contribution in [0.25, 0.3) is 0 Å². The van der Waals surface area contributed by atoms with Gasteiger partial charge in [-0.25, -0.2) is 9.97 Å². The molecule has 124 valence electrons. The normalized spacial score (nSPS) is 10.7. The summed E-state index contributed by atoms with van der Waals surface area (Å²) in [6, 6.07) is 3.36. The number of ether oxygens (including phenoxy) is 1. The summed E-state index contributed by atoms with van der Waals surface area (Å²) >= 11 is 0. The van der Waals surface area contributed by atoms with E-state index in [0.717, 1.165) is 18.4 Å². The fraction of sp³-hybridized carbons (Fsp3) is 0.500. The second-order valence-corrected chi connectivity index (χ2v) is 5.73. The standard InChI is InChI=1S/C18H25N3O2/c1-3-4-5-6-7-8-9-15-12-16(22)18(20-13-15)23-17-10-11-19-14(2)21-17/h10-13,22H,3-9H2,1-2H3. The third-order valence-electron chi connectivity index (χ3n) is 3.66. The number of aromatic hydroxyl groups is 1. The minimum atomic E-state index is 0.0461. The lowest BCUT2D eigenvalue weighted by molar-refractivity contribution is 0.386. The van der Waals surface area contributed by atoms with Crippen LogP contribution in [0.4, 0.5) is 0 Å². The van der Waals surface area contributed by atoms with Crippen molar-refractivity contribution in [1.82, 2.24) is 15.0 Å². The first kappa shape index (κ1) is 17.2. The fourth-order valence-electron chi connectivity index (χ4n) is 2.40. The highest BCUT2D eigenvalue weighted by atomic mass is 16.5. The van der Waals surface area contributed by atoms with E-state index in [1.807, 2.05) is 0 Å². The molecule has 2 aromatic heterocycles. The van der Waals surface area contributed by atoms with Crippen LogP contribution in [0.15, 0.2) is 24.5 Å². The van der Waals surface area contributed by atoms with Crippen LogP contribution < -0.4 is 4.74 Å². The number of rotatable bonds is 9. The number of unbranched alkanes of at least 4 members (excludes halogenated alkanes) is 5. The Morgan fingerprint density at radius 1 is 1.09 bits per heavy atom. The van der Waals surface area contributed by atoms with Crippen LogP contribution >= 0.6 is 0 Å². The van der Waals surface area contributed by atoms with E-state index in [-0.39, 0.29) is 11.6 Å². The molecule has 0 aliphatic heterocycles. The van der Waals surface area contributed by atoms with Gasteiger partial charge in [-0.3, -0.25) is 0 Å². The van der Waals surface area contributed by atoms with Gasteiger partial charge in [-0.2, -0.15) is 4.98 Å². The zero-order valence-electron chi connectivity index (χ0n) is 14.0. The van der Waals surface area contributed by atoms with Gasteiger partial charge in [0.05, 0.1) is 0 Å². The van der Waals surface area contributed by atoms with E-state index in [1.165, 1.54) is 32.1 Å². The van der Waals surface area contributed by atoms with Crippen molar-refractivity contribution >= 4 is 0 Å². The molecule has 0 atom stereocenters. The SMILES string of the molecule is CCCCCCCCc1cnc(Oc2ccnc(C)n2)c(O)c1. The van der Waals surface area contributed by atoms with Gasteiger partial charge >= 0.3 is 0 Å². The topological polar surface area (TPSA) is 68.1 Å². The highest BCUT2D eigenvalue weighted by molar-refractivity contribution is 5.37. The summed E-state index contributed by atoms with van der Waals surface area (Å²) in [5.74, 6) is 1.21. The quantitative estimate of drug-likeness (QED) is 0.686. The maximum Gasteiger partial charge on any atom is 0.263 e. The summed E-state index contributed by atoms with van der Waals surface area (Å²) in [5.41, 5.74) is 1.03. The molecule has 0 amide bonds. The number of aromatic nitrogens is 3. The zero-order valence-corrected chi connectivity index (χ0v) is 14.0. The number of nitrogens with zero attached hydrogens (tertiary/aromatic N) is 3. The van der Waals surface area contributed by atoms with Crippen molar-refractivity contribution in [3.05, 3.63) is 35.9 Å². The Hall–Kier alpha value is -2.17. The third-order valence-corrected chi connectivity index (χ3v) is 3.66. The second kappa shape index (κ2) is 9.08. The molecule has 0 aromatic carbocycles. The molecule has 0 radical (unpaired) electrons. The van der Waals surface area contributed by atoms with Gasteiger partial charge < -0.3 is 9.84 Å². The molecule has 2 heterocycles. The number of hydrogen-bond donors (Lipinski definition) is 1. The van der Waals surface area contributed by atoms with Gasteiger partial charge in [-0.15, -0.1) is 0 Å². The number of pyridine rings is 1. The highest BCUT2D eigenvalue weighted by Gasteiger charge is 2.08. The smallest absolute Gasteiger partial charge is 0.263 e. The van der Waals surface area contributed by atoms with Crippen molar-refractivity contribution < 1.29 is 9.84 Å². The van der Waals surface area contributed by atoms with Gasteiger partial charge in [-0.05, 0) is 31.4 Å². The van der Waals surface area contributed by atoms with Crippen LogP contribution in [0.1, 0.15) is 56.8 Å². The van der Waals surface area contributed by atoms with E-state index in [1.54, 1.807) is 31.5 Å². The predicted molar refractivity (Wildman–Crippen MR) is 89.8 cm³/mol. The molecule has 5 heteroatoms. The largest absolute Gasteiger partial charge is 0.503 e. The van der Waals surface area contributed by atoms with Crippen LogP contribution in [0.3, 0.4) is 0 Å². The Morgan fingerprint density at radius 3 is 2.61 bits per heavy atom. The minimum absolute atomic E-state index is 0.0461. The van der Waals surface area contributed by atoms with Gasteiger partial charge in [0.15, 0.2) is 5.75 Å². The van der Waals surface area contributed by atoms with Crippen LogP contribution in [0, 0.1) is 6.92 Å². The molecule has 2 rings (SSSR count). The van der Waals surface area contributed by atoms with Gasteiger partial charge in [0, 0.05) is 18.5 Å². The summed E-state index contributed by atoms with van der Waals surface area (Å²) in [6.07, 6.45) is 11.8. The monoisotopic (exact) mass is 315 g/mol. The molecule has 5 nitrogen and oxygen atoms in total. The first-order valence-corrected chi connectivity index (χ1v) is 8.34. The van der Waals surface area contributed by atoms with Crippen LogP contribution in [0.5, 0.6) is 17.5 Å². The summed E-state index contributed by atoms with van der Waals surface area (Å²) in [4.78, 5) is 12.3. The summed E-state index contributed by atoms with van der Waals surface area (Å²) in [6.45, 7) is 4.00. The molecule has 0 spiro atoms. The van der Waals surface area contributed by atoms with E-state index >= 15 is 0 Å². The molecular weight excluding hydrogens is 290 g/mol. The number of hydrogen-bond acceptors (Lipinski definition) is 5. The molecule has 23 heavy (non-hydrogen) atoms. The Kier molecular flexibility index (Phi) is 6.78. The molecule has 1 N–H and O–H groups in total. The Labute approximate surface area is 137 Å². The lowest BCUT2D eigenvalue weighted by atomic mass is 10.1. The first-order valence-electron chi connectivity index (χ1n) is 8.34. The Bertz CT molecular complexity index is 617. The van der Waals surface area contributed by atoms with Crippen LogP contribution in [0.2, 0.25) is 0 Å². The maximum atomic E-state index is 10.1. The van der Waals surface area contributed by atoms with Gasteiger partial charge in [0.1, 0.15) is 5.82 Å². The van der Waals surface area contributed by atoms with Gasteiger partial charge in [0.2, 0.25) is 5.88 Å².